The first-order valence-electron chi connectivity index (χ1n) is 9.13. The van der Waals surface area contributed by atoms with Crippen molar-refractivity contribution in [3.8, 4) is 6.07 Å². The number of carbonyl (C=O) groups excluding carboxylic acids is 1. The third-order valence-corrected chi connectivity index (χ3v) is 7.48. The monoisotopic (exact) mass is 426 g/mol. The molecule has 0 bridgehead atoms. The van der Waals surface area contributed by atoms with Crippen molar-refractivity contribution in [3.05, 3.63) is 59.1 Å². The fourth-order valence-electron chi connectivity index (χ4n) is 3.48. The lowest BCUT2D eigenvalue weighted by Crippen LogP contribution is -2.40. The number of likely N-dealkylation sites (tertiary alicyclic amines) is 1. The van der Waals surface area contributed by atoms with Crippen molar-refractivity contribution >= 4 is 37.5 Å². The highest BCUT2D eigenvalue weighted by atomic mass is 32.2. The minimum absolute atomic E-state index is 0.0426. The van der Waals surface area contributed by atoms with Gasteiger partial charge in [0.05, 0.1) is 33.3 Å². The molecule has 148 valence electrons. The molecule has 1 aliphatic heterocycles. The summed E-state index contributed by atoms with van der Waals surface area (Å²) in [5.74, 6) is -0.301. The Morgan fingerprint density at radius 1 is 1.24 bits per heavy atom. The summed E-state index contributed by atoms with van der Waals surface area (Å²) < 4.78 is 28.5. The van der Waals surface area contributed by atoms with Crippen molar-refractivity contribution in [1.29, 1.82) is 5.26 Å². The van der Waals surface area contributed by atoms with E-state index in [0.29, 0.717) is 6.54 Å². The molecule has 4 rings (SSSR count). The molecule has 29 heavy (non-hydrogen) atoms. The second-order valence-electron chi connectivity index (χ2n) is 6.70. The highest BCUT2D eigenvalue weighted by Gasteiger charge is 2.32. The fraction of sp³-hybridized carbons (Fsp3) is 0.250. The topological polar surface area (TPSA) is 103 Å². The van der Waals surface area contributed by atoms with Crippen molar-refractivity contribution in [2.24, 2.45) is 0 Å². The van der Waals surface area contributed by atoms with Gasteiger partial charge in [0.2, 0.25) is 15.9 Å². The lowest BCUT2D eigenvalue weighted by Gasteiger charge is -2.23. The van der Waals surface area contributed by atoms with E-state index in [1.54, 1.807) is 28.4 Å². The van der Waals surface area contributed by atoms with Crippen LogP contribution < -0.4 is 4.72 Å². The number of carbonyl (C=O) groups is 1. The molecule has 9 heteroatoms. The van der Waals surface area contributed by atoms with Gasteiger partial charge in [-0.05, 0) is 37.1 Å². The summed E-state index contributed by atoms with van der Waals surface area (Å²) in [6.07, 6.45) is 1.64. The average Bonchev–Trinajstić information content (AvgIpc) is 3.38. The molecular formula is C20H18N4O3S2. The molecule has 1 saturated heterocycles. The van der Waals surface area contributed by atoms with E-state index in [-0.39, 0.29) is 29.0 Å². The first-order chi connectivity index (χ1) is 14.0. The van der Waals surface area contributed by atoms with E-state index < -0.39 is 10.0 Å². The quantitative estimate of drug-likeness (QED) is 0.676. The van der Waals surface area contributed by atoms with E-state index in [0.717, 1.165) is 28.1 Å². The lowest BCUT2D eigenvalue weighted by molar-refractivity contribution is -0.130. The van der Waals surface area contributed by atoms with Gasteiger partial charge in [0.15, 0.2) is 0 Å². The number of aromatic nitrogens is 1. The zero-order valence-electron chi connectivity index (χ0n) is 15.4. The summed E-state index contributed by atoms with van der Waals surface area (Å²) in [5.41, 5.74) is 0.946. The van der Waals surface area contributed by atoms with Crippen LogP contribution in [0.15, 0.2) is 53.4 Å². The summed E-state index contributed by atoms with van der Waals surface area (Å²) in [6, 6.07) is 15.5. The Kier molecular flexibility index (Phi) is 5.32. The number of rotatable bonds is 5. The van der Waals surface area contributed by atoms with E-state index in [2.05, 4.69) is 9.71 Å². The third-order valence-electron chi connectivity index (χ3n) is 4.88. The molecule has 7 nitrogen and oxygen atoms in total. The summed E-state index contributed by atoms with van der Waals surface area (Å²) in [6.45, 7) is 0.208. The van der Waals surface area contributed by atoms with Crippen LogP contribution in [-0.4, -0.2) is 37.3 Å². The van der Waals surface area contributed by atoms with Gasteiger partial charge in [-0.25, -0.2) is 18.1 Å². The number of para-hydroxylation sites is 1. The van der Waals surface area contributed by atoms with Crippen molar-refractivity contribution in [3.63, 3.8) is 0 Å². The first-order valence-corrected chi connectivity index (χ1v) is 11.4. The number of nitriles is 1. The Hall–Kier alpha value is -2.80. The molecule has 1 amide bonds. The number of hydrogen-bond acceptors (Lipinski definition) is 6. The Morgan fingerprint density at radius 3 is 2.79 bits per heavy atom. The maximum atomic E-state index is 12.8. The smallest absolute Gasteiger partial charge is 0.242 e. The van der Waals surface area contributed by atoms with E-state index in [1.807, 2.05) is 30.3 Å². The number of benzene rings is 2. The molecule has 1 atom stereocenters. The molecular weight excluding hydrogens is 408 g/mol. The van der Waals surface area contributed by atoms with E-state index in [4.69, 9.17) is 5.26 Å². The molecule has 1 unspecified atom stereocenters. The molecule has 0 saturated carbocycles. The summed E-state index contributed by atoms with van der Waals surface area (Å²) in [7, 11) is -3.96. The van der Waals surface area contributed by atoms with Gasteiger partial charge in [-0.15, -0.1) is 11.3 Å². The molecule has 2 aromatic carbocycles. The summed E-state index contributed by atoms with van der Waals surface area (Å²) >= 11 is 1.56. The molecule has 1 aliphatic rings. The third kappa shape index (κ3) is 3.87. The molecule has 1 N–H and O–H groups in total. The second kappa shape index (κ2) is 7.91. The number of amides is 1. The van der Waals surface area contributed by atoms with Gasteiger partial charge in [0.25, 0.3) is 0 Å². The van der Waals surface area contributed by atoms with Crippen LogP contribution in [0, 0.1) is 11.3 Å². The van der Waals surface area contributed by atoms with Gasteiger partial charge in [-0.3, -0.25) is 4.79 Å². The van der Waals surface area contributed by atoms with Gasteiger partial charge >= 0.3 is 0 Å². The Morgan fingerprint density at radius 2 is 2.00 bits per heavy atom. The highest BCUT2D eigenvalue weighted by Crippen LogP contribution is 2.36. The first kappa shape index (κ1) is 19.5. The predicted molar refractivity (Wildman–Crippen MR) is 110 cm³/mol. The molecule has 2 heterocycles. The van der Waals surface area contributed by atoms with Crippen LogP contribution >= 0.6 is 11.3 Å². The maximum absolute atomic E-state index is 12.8. The van der Waals surface area contributed by atoms with Crippen LogP contribution in [0.3, 0.4) is 0 Å². The number of hydrogen-bond donors (Lipinski definition) is 1. The Labute approximate surface area is 172 Å². The molecule has 3 aromatic rings. The molecule has 1 fully saturated rings. The van der Waals surface area contributed by atoms with Crippen LogP contribution in [0.5, 0.6) is 0 Å². The van der Waals surface area contributed by atoms with Crippen molar-refractivity contribution in [1.82, 2.24) is 14.6 Å². The minimum atomic E-state index is -3.96. The number of sulfonamides is 1. The van der Waals surface area contributed by atoms with Gasteiger partial charge in [-0.2, -0.15) is 5.26 Å². The largest absolute Gasteiger partial charge is 0.332 e. The molecule has 0 radical (unpaired) electrons. The lowest BCUT2D eigenvalue weighted by atomic mass is 10.2. The normalized spacial score (nSPS) is 16.8. The summed E-state index contributed by atoms with van der Waals surface area (Å²) in [4.78, 5) is 19.0. The van der Waals surface area contributed by atoms with Crippen LogP contribution in [0.4, 0.5) is 0 Å². The van der Waals surface area contributed by atoms with Crippen molar-refractivity contribution < 1.29 is 13.2 Å². The van der Waals surface area contributed by atoms with Gasteiger partial charge in [0.1, 0.15) is 11.1 Å². The predicted octanol–water partition coefficient (Wildman–Crippen LogP) is 2.81. The molecule has 0 spiro atoms. The van der Waals surface area contributed by atoms with Gasteiger partial charge < -0.3 is 4.90 Å². The molecule has 1 aromatic heterocycles. The average molecular weight is 427 g/mol. The minimum Gasteiger partial charge on any atom is -0.332 e. The van der Waals surface area contributed by atoms with Crippen LogP contribution in [0.2, 0.25) is 0 Å². The number of thiazole rings is 1. The van der Waals surface area contributed by atoms with Crippen molar-refractivity contribution in [2.45, 2.75) is 23.8 Å². The highest BCUT2D eigenvalue weighted by molar-refractivity contribution is 7.89. The zero-order valence-corrected chi connectivity index (χ0v) is 17.0. The van der Waals surface area contributed by atoms with Crippen LogP contribution in [-0.2, 0) is 14.8 Å². The molecule has 0 aliphatic carbocycles. The van der Waals surface area contributed by atoms with Crippen LogP contribution in [0.25, 0.3) is 10.2 Å². The fourth-order valence-corrected chi connectivity index (χ4v) is 5.73. The number of nitrogens with zero attached hydrogens (tertiary/aromatic N) is 3. The SMILES string of the molecule is N#Cc1ccccc1S(=O)(=O)NCC(=O)N1CCCC1c1nc2ccccc2s1. The summed E-state index contributed by atoms with van der Waals surface area (Å²) in [5, 5.41) is 10.00. The van der Waals surface area contributed by atoms with E-state index in [1.165, 1.54) is 12.1 Å². The van der Waals surface area contributed by atoms with Gasteiger partial charge in [-0.1, -0.05) is 24.3 Å². The second-order valence-corrected chi connectivity index (χ2v) is 9.50. The Balaban J connectivity index is 1.50. The van der Waals surface area contributed by atoms with Crippen molar-refractivity contribution in [2.75, 3.05) is 13.1 Å². The zero-order chi connectivity index (χ0) is 20.4. The number of fused-ring (bicyclic) bond motifs is 1. The maximum Gasteiger partial charge on any atom is 0.242 e. The number of nitrogens with one attached hydrogen (secondary N) is 1. The standard InChI is InChI=1S/C20H18N4O3S2/c21-12-14-6-1-4-10-18(14)29(26,27)22-13-19(25)24-11-5-8-16(24)20-23-15-7-2-3-9-17(15)28-20/h1-4,6-7,9-10,16,22H,5,8,11,13H2. The van der Waals surface area contributed by atoms with E-state index >= 15 is 0 Å². The van der Waals surface area contributed by atoms with E-state index in [9.17, 15) is 13.2 Å². The van der Waals surface area contributed by atoms with Crippen LogP contribution in [0.1, 0.15) is 29.5 Å². The Bertz CT molecular complexity index is 1180. The van der Waals surface area contributed by atoms with Gasteiger partial charge in [0, 0.05) is 6.54 Å².